The largest absolute Gasteiger partial charge is 0.469 e. The zero-order valence-corrected chi connectivity index (χ0v) is 12.3. The van der Waals surface area contributed by atoms with Crippen LogP contribution in [0.1, 0.15) is 23.6 Å². The lowest BCUT2D eigenvalue weighted by Crippen LogP contribution is -2.36. The van der Waals surface area contributed by atoms with Crippen LogP contribution < -0.4 is 0 Å². The molecule has 1 aliphatic rings. The maximum absolute atomic E-state index is 12.0. The minimum absolute atomic E-state index is 0.161. The first-order valence-electron chi connectivity index (χ1n) is 6.69. The van der Waals surface area contributed by atoms with Gasteiger partial charge in [-0.05, 0) is 18.9 Å². The Bertz CT molecular complexity index is 527. The van der Waals surface area contributed by atoms with Crippen LogP contribution in [0.25, 0.3) is 0 Å². The van der Waals surface area contributed by atoms with E-state index in [0.29, 0.717) is 0 Å². The summed E-state index contributed by atoms with van der Waals surface area (Å²) in [6.45, 7) is 1.95. The number of rotatable bonds is 3. The number of nitrogens with zero attached hydrogens (tertiary/aromatic N) is 1. The summed E-state index contributed by atoms with van der Waals surface area (Å²) in [5.74, 6) is -1.64. The molecule has 1 aromatic carbocycles. The highest BCUT2D eigenvalue weighted by Crippen LogP contribution is 2.40. The minimum Gasteiger partial charge on any atom is -0.469 e. The number of methoxy groups -OCH3 is 2. The molecule has 3 atom stereocenters. The van der Waals surface area contributed by atoms with Crippen LogP contribution in [0.4, 0.5) is 0 Å². The summed E-state index contributed by atoms with van der Waals surface area (Å²) in [5.41, 5.74) is 1.82. The van der Waals surface area contributed by atoms with Gasteiger partial charge in [0, 0.05) is 0 Å². The van der Waals surface area contributed by atoms with Gasteiger partial charge < -0.3 is 14.7 Å². The number of hydroxylamine groups is 2. The van der Waals surface area contributed by atoms with E-state index in [4.69, 9.17) is 4.74 Å². The highest BCUT2D eigenvalue weighted by Gasteiger charge is 2.49. The molecule has 2 rings (SSSR count). The summed E-state index contributed by atoms with van der Waals surface area (Å²) in [5, 5.41) is 11.2. The van der Waals surface area contributed by atoms with E-state index in [1.54, 1.807) is 0 Å². The highest BCUT2D eigenvalue weighted by molar-refractivity contribution is 5.80. The molecule has 114 valence electrons. The van der Waals surface area contributed by atoms with Crippen molar-refractivity contribution in [3.8, 4) is 0 Å². The number of benzene rings is 1. The number of hydrogen-bond donors (Lipinski definition) is 1. The number of carbonyl (C=O) groups excluding carboxylic acids is 2. The first-order chi connectivity index (χ1) is 9.99. The molecule has 0 aromatic heterocycles. The Hall–Kier alpha value is -1.92. The van der Waals surface area contributed by atoms with Gasteiger partial charge in [-0.1, -0.05) is 29.8 Å². The summed E-state index contributed by atoms with van der Waals surface area (Å²) >= 11 is 0. The topological polar surface area (TPSA) is 76.1 Å². The average Bonchev–Trinajstić information content (AvgIpc) is 2.84. The molecule has 1 fully saturated rings. The van der Waals surface area contributed by atoms with Gasteiger partial charge in [-0.3, -0.25) is 9.59 Å². The second kappa shape index (κ2) is 6.24. The molecule has 0 amide bonds. The van der Waals surface area contributed by atoms with Crippen LogP contribution in [0.5, 0.6) is 0 Å². The maximum atomic E-state index is 12.0. The molecule has 1 saturated heterocycles. The Morgan fingerprint density at radius 1 is 1.14 bits per heavy atom. The van der Waals surface area contributed by atoms with Crippen molar-refractivity contribution < 1.29 is 24.3 Å². The van der Waals surface area contributed by atoms with Gasteiger partial charge in [-0.25, -0.2) is 0 Å². The Morgan fingerprint density at radius 2 is 1.71 bits per heavy atom. The van der Waals surface area contributed by atoms with Crippen molar-refractivity contribution in [1.29, 1.82) is 0 Å². The van der Waals surface area contributed by atoms with Crippen LogP contribution >= 0.6 is 0 Å². The molecule has 1 aliphatic heterocycles. The predicted molar refractivity (Wildman–Crippen MR) is 73.5 cm³/mol. The molecule has 0 bridgehead atoms. The van der Waals surface area contributed by atoms with Crippen molar-refractivity contribution in [2.75, 3.05) is 14.2 Å². The molecular weight excluding hydrogens is 274 g/mol. The Balaban J connectivity index is 2.36. The number of hydrogen-bond acceptors (Lipinski definition) is 6. The van der Waals surface area contributed by atoms with Gasteiger partial charge in [0.15, 0.2) is 0 Å². The monoisotopic (exact) mass is 293 g/mol. The van der Waals surface area contributed by atoms with E-state index in [2.05, 4.69) is 4.74 Å². The lowest BCUT2D eigenvalue weighted by molar-refractivity contribution is -0.177. The highest BCUT2D eigenvalue weighted by atomic mass is 16.5. The van der Waals surface area contributed by atoms with E-state index in [1.165, 1.54) is 14.2 Å². The molecule has 0 aliphatic carbocycles. The molecule has 1 aromatic rings. The van der Waals surface area contributed by atoms with E-state index in [9.17, 15) is 14.8 Å². The second-order valence-corrected chi connectivity index (χ2v) is 5.14. The fourth-order valence-corrected chi connectivity index (χ4v) is 2.72. The summed E-state index contributed by atoms with van der Waals surface area (Å²) in [6, 6.07) is 5.96. The lowest BCUT2D eigenvalue weighted by Gasteiger charge is -2.24. The van der Waals surface area contributed by atoms with Crippen LogP contribution in [0.2, 0.25) is 0 Å². The molecule has 0 unspecified atom stereocenters. The van der Waals surface area contributed by atoms with Crippen LogP contribution in [0, 0.1) is 12.8 Å². The summed E-state index contributed by atoms with van der Waals surface area (Å²) in [4.78, 5) is 23.7. The fourth-order valence-electron chi connectivity index (χ4n) is 2.72. The van der Waals surface area contributed by atoms with Gasteiger partial charge in [-0.15, -0.1) is 0 Å². The third-order valence-corrected chi connectivity index (χ3v) is 3.86. The zero-order valence-electron chi connectivity index (χ0n) is 12.3. The van der Waals surface area contributed by atoms with Gasteiger partial charge in [0.05, 0.1) is 26.2 Å². The van der Waals surface area contributed by atoms with E-state index >= 15 is 0 Å². The van der Waals surface area contributed by atoms with Gasteiger partial charge in [0.2, 0.25) is 0 Å². The number of aryl methyl sites for hydroxylation is 1. The fraction of sp³-hybridized carbons (Fsp3) is 0.467. The summed E-state index contributed by atoms with van der Waals surface area (Å²) < 4.78 is 9.47. The maximum Gasteiger partial charge on any atom is 0.325 e. The Kier molecular flexibility index (Phi) is 4.59. The van der Waals surface area contributed by atoms with Crippen LogP contribution in [0.3, 0.4) is 0 Å². The first-order valence-corrected chi connectivity index (χ1v) is 6.69. The molecule has 0 radical (unpaired) electrons. The molecule has 0 saturated carbocycles. The molecule has 1 N–H and O–H groups in total. The molecule has 6 nitrogen and oxygen atoms in total. The van der Waals surface area contributed by atoms with Crippen molar-refractivity contribution in [2.45, 2.75) is 25.4 Å². The van der Waals surface area contributed by atoms with Crippen molar-refractivity contribution in [3.63, 3.8) is 0 Å². The molecule has 21 heavy (non-hydrogen) atoms. The Labute approximate surface area is 123 Å². The van der Waals surface area contributed by atoms with Crippen LogP contribution in [-0.4, -0.2) is 42.5 Å². The predicted octanol–water partition coefficient (Wildman–Crippen LogP) is 1.46. The second-order valence-electron chi connectivity index (χ2n) is 5.14. The minimum atomic E-state index is -0.870. The van der Waals surface area contributed by atoms with Crippen molar-refractivity contribution in [1.82, 2.24) is 5.06 Å². The normalized spacial score (nSPS) is 25.6. The van der Waals surface area contributed by atoms with Gasteiger partial charge in [0.25, 0.3) is 0 Å². The third-order valence-electron chi connectivity index (χ3n) is 3.86. The van der Waals surface area contributed by atoms with Crippen LogP contribution in [-0.2, 0) is 19.1 Å². The standard InChI is InChI=1S/C15H19NO5/c1-9-4-6-10(7-5-9)13-11(14(17)20-2)8-12(16(13)19)15(18)21-3/h4-7,11-13,19H,8H2,1-3H3/t11-,12-,13+/m0/s1. The van der Waals surface area contributed by atoms with Gasteiger partial charge >= 0.3 is 11.9 Å². The Morgan fingerprint density at radius 3 is 2.24 bits per heavy atom. The van der Waals surface area contributed by atoms with Gasteiger partial charge in [0.1, 0.15) is 6.04 Å². The van der Waals surface area contributed by atoms with Crippen molar-refractivity contribution >= 4 is 11.9 Å². The van der Waals surface area contributed by atoms with Crippen LogP contribution in [0.15, 0.2) is 24.3 Å². The average molecular weight is 293 g/mol. The van der Waals surface area contributed by atoms with Crippen molar-refractivity contribution in [3.05, 3.63) is 35.4 Å². The summed E-state index contributed by atoms with van der Waals surface area (Å²) in [6.07, 6.45) is 0.161. The number of carbonyl (C=O) groups is 2. The smallest absolute Gasteiger partial charge is 0.325 e. The third kappa shape index (κ3) is 2.91. The lowest BCUT2D eigenvalue weighted by atomic mass is 9.93. The molecule has 1 heterocycles. The van der Waals surface area contributed by atoms with E-state index in [0.717, 1.165) is 16.2 Å². The van der Waals surface area contributed by atoms with Crippen molar-refractivity contribution in [2.24, 2.45) is 5.92 Å². The van der Waals surface area contributed by atoms with Gasteiger partial charge in [-0.2, -0.15) is 5.06 Å². The van der Waals surface area contributed by atoms with E-state index in [-0.39, 0.29) is 6.42 Å². The number of esters is 2. The quantitative estimate of drug-likeness (QED) is 0.850. The molecule has 0 spiro atoms. The molecule has 6 heteroatoms. The summed E-state index contributed by atoms with van der Waals surface area (Å²) in [7, 11) is 2.55. The zero-order chi connectivity index (χ0) is 15.6. The first kappa shape index (κ1) is 15.5. The molecular formula is C15H19NO5. The number of ether oxygens (including phenoxy) is 2. The van der Waals surface area contributed by atoms with E-state index < -0.39 is 29.9 Å². The van der Waals surface area contributed by atoms with E-state index in [1.807, 2.05) is 31.2 Å². The SMILES string of the molecule is COC(=O)[C@H]1C[C@@H](C(=O)OC)N(O)[C@@H]1c1ccc(C)cc1.